The zero-order chi connectivity index (χ0) is 26.0. The van der Waals surface area contributed by atoms with Crippen molar-refractivity contribution in [3.8, 4) is 5.69 Å². The van der Waals surface area contributed by atoms with E-state index in [4.69, 9.17) is 0 Å². The third kappa shape index (κ3) is 3.32. The van der Waals surface area contributed by atoms with Gasteiger partial charge in [-0.25, -0.2) is 0 Å². The van der Waals surface area contributed by atoms with E-state index in [0.29, 0.717) is 13.1 Å². The van der Waals surface area contributed by atoms with Gasteiger partial charge in [-0.15, -0.1) is 0 Å². The highest BCUT2D eigenvalue weighted by atomic mass is 16.6. The maximum Gasteiger partial charge on any atom is 0.142 e. The van der Waals surface area contributed by atoms with E-state index in [1.807, 2.05) is 30.5 Å². The first kappa shape index (κ1) is 22.8. The number of aromatic nitrogens is 1. The molecule has 192 valence electrons. The zero-order valence-corrected chi connectivity index (χ0v) is 21.6. The Bertz CT molecular complexity index is 1750. The predicted octanol–water partition coefficient (Wildman–Crippen LogP) is 6.25. The van der Waals surface area contributed by atoms with E-state index in [9.17, 15) is 0 Å². The monoisotopic (exact) mass is 511 g/mol. The van der Waals surface area contributed by atoms with Crippen LogP contribution < -0.4 is 9.96 Å². The largest absolute Gasteiger partial charge is 0.622 e. The Hall–Kier alpha value is -4.10. The van der Waals surface area contributed by atoms with Crippen molar-refractivity contribution in [3.05, 3.63) is 107 Å². The SMILES string of the molecule is [O-][N+]1(c2ccc(C3=NCC=NC3)cc2)c2ccc(-n3c4ccccc4c4ccccc43)cc2C2CNCCC21. The molecular weight excluding hydrogens is 482 g/mol. The van der Waals surface area contributed by atoms with Gasteiger partial charge in [-0.1, -0.05) is 36.4 Å². The Morgan fingerprint density at radius 3 is 2.33 bits per heavy atom. The van der Waals surface area contributed by atoms with Gasteiger partial charge in [-0.2, -0.15) is 0 Å². The number of piperidine rings is 1. The second-order valence-electron chi connectivity index (χ2n) is 10.8. The van der Waals surface area contributed by atoms with Crippen LogP contribution in [0, 0.1) is 5.21 Å². The van der Waals surface area contributed by atoms with Crippen molar-refractivity contribution in [1.29, 1.82) is 0 Å². The summed E-state index contributed by atoms with van der Waals surface area (Å²) in [6, 6.07) is 31.7. The molecular formula is C33H29N5O. The molecule has 0 amide bonds. The predicted molar refractivity (Wildman–Crippen MR) is 161 cm³/mol. The Kier molecular flexibility index (Phi) is 5.10. The van der Waals surface area contributed by atoms with E-state index < -0.39 is 4.65 Å². The summed E-state index contributed by atoms with van der Waals surface area (Å²) in [7, 11) is 0. The molecule has 0 saturated carbocycles. The molecule has 6 heteroatoms. The van der Waals surface area contributed by atoms with Crippen molar-refractivity contribution in [3.63, 3.8) is 0 Å². The molecule has 3 aliphatic heterocycles. The number of hydrogen-bond acceptors (Lipinski definition) is 4. The smallest absolute Gasteiger partial charge is 0.142 e. The highest BCUT2D eigenvalue weighted by Crippen LogP contribution is 2.53. The van der Waals surface area contributed by atoms with Gasteiger partial charge in [-0.05, 0) is 42.0 Å². The fraction of sp³-hybridized carbons (Fsp3) is 0.212. The van der Waals surface area contributed by atoms with Gasteiger partial charge in [0.15, 0.2) is 0 Å². The van der Waals surface area contributed by atoms with Gasteiger partial charge in [-0.3, -0.25) is 14.6 Å². The number of rotatable bonds is 3. The molecule has 5 aromatic rings. The van der Waals surface area contributed by atoms with Gasteiger partial charge < -0.3 is 15.1 Å². The van der Waals surface area contributed by atoms with Crippen LogP contribution in [0.4, 0.5) is 11.4 Å². The topological polar surface area (TPSA) is 64.7 Å². The van der Waals surface area contributed by atoms with E-state index in [0.717, 1.165) is 53.4 Å². The Morgan fingerprint density at radius 2 is 1.62 bits per heavy atom. The standard InChI is InChI=1S/C33H29N5O/c39-38(24-12-9-22(10-13-24)29-21-35-17-18-36-29)32-14-11-23(19-27(32)28-20-34-16-15-33(28)38)37-30-7-3-1-5-25(30)26-6-2-4-8-31(26)37/h1-14,17,19,28,33-34H,15-16,18,20-21H2. The first-order valence-corrected chi connectivity index (χ1v) is 13.8. The molecule has 0 spiro atoms. The molecule has 0 aliphatic carbocycles. The molecule has 3 atom stereocenters. The number of nitrogens with one attached hydrogen (secondary N) is 1. The normalized spacial score (nSPS) is 24.1. The van der Waals surface area contributed by atoms with Crippen LogP contribution >= 0.6 is 0 Å². The number of hydroxylamine groups is 1. The quantitative estimate of drug-likeness (QED) is 0.230. The molecule has 1 fully saturated rings. The van der Waals surface area contributed by atoms with Crippen LogP contribution in [-0.4, -0.2) is 48.7 Å². The van der Waals surface area contributed by atoms with Crippen LogP contribution in [0.25, 0.3) is 27.5 Å². The van der Waals surface area contributed by atoms with Crippen molar-refractivity contribution in [1.82, 2.24) is 14.5 Å². The van der Waals surface area contributed by atoms with Crippen LogP contribution in [0.2, 0.25) is 0 Å². The second kappa shape index (κ2) is 8.71. The van der Waals surface area contributed by atoms with Crippen LogP contribution in [0.3, 0.4) is 0 Å². The Labute approximate surface area is 227 Å². The van der Waals surface area contributed by atoms with E-state index in [-0.39, 0.29) is 12.0 Å². The molecule has 4 aromatic carbocycles. The summed E-state index contributed by atoms with van der Waals surface area (Å²) >= 11 is 0. The minimum atomic E-state index is -0.403. The molecule has 3 unspecified atom stereocenters. The van der Waals surface area contributed by atoms with Crippen molar-refractivity contribution >= 4 is 45.1 Å². The van der Waals surface area contributed by atoms with Crippen molar-refractivity contribution in [2.24, 2.45) is 9.98 Å². The maximum atomic E-state index is 15.1. The lowest BCUT2D eigenvalue weighted by molar-refractivity contribution is 0.291. The zero-order valence-electron chi connectivity index (χ0n) is 21.6. The average Bonchev–Trinajstić information content (AvgIpc) is 3.48. The summed E-state index contributed by atoms with van der Waals surface area (Å²) in [5.74, 6) is 0.163. The van der Waals surface area contributed by atoms with E-state index in [1.165, 1.54) is 21.8 Å². The van der Waals surface area contributed by atoms with Gasteiger partial charge in [0, 0.05) is 65.9 Å². The fourth-order valence-electron chi connectivity index (χ4n) is 7.06. The molecule has 4 heterocycles. The van der Waals surface area contributed by atoms with Crippen molar-refractivity contribution in [2.45, 2.75) is 18.4 Å². The fourth-order valence-corrected chi connectivity index (χ4v) is 7.06. The molecule has 1 aromatic heterocycles. The summed E-state index contributed by atoms with van der Waals surface area (Å²) in [5, 5.41) is 21.1. The highest BCUT2D eigenvalue weighted by molar-refractivity contribution is 6.09. The highest BCUT2D eigenvalue weighted by Gasteiger charge is 2.50. The Balaban J connectivity index is 1.27. The lowest BCUT2D eigenvalue weighted by Crippen LogP contribution is -2.51. The molecule has 0 radical (unpaired) electrons. The summed E-state index contributed by atoms with van der Waals surface area (Å²) in [4.78, 5) is 8.97. The second-order valence-corrected chi connectivity index (χ2v) is 10.8. The number of nitrogens with zero attached hydrogens (tertiary/aromatic N) is 4. The van der Waals surface area contributed by atoms with E-state index in [2.05, 4.69) is 86.6 Å². The molecule has 39 heavy (non-hydrogen) atoms. The lowest BCUT2D eigenvalue weighted by Gasteiger charge is -2.46. The molecule has 6 nitrogen and oxygen atoms in total. The van der Waals surface area contributed by atoms with E-state index in [1.54, 1.807) is 0 Å². The summed E-state index contributed by atoms with van der Waals surface area (Å²) in [5.41, 5.74) is 8.33. The minimum Gasteiger partial charge on any atom is -0.622 e. The Morgan fingerprint density at radius 1 is 0.872 bits per heavy atom. The summed E-state index contributed by atoms with van der Waals surface area (Å²) in [6.07, 6.45) is 2.69. The summed E-state index contributed by atoms with van der Waals surface area (Å²) < 4.78 is 1.94. The third-order valence-corrected chi connectivity index (χ3v) is 8.84. The van der Waals surface area contributed by atoms with Gasteiger partial charge in [0.25, 0.3) is 0 Å². The number of hydrogen-bond donors (Lipinski definition) is 1. The first-order valence-electron chi connectivity index (χ1n) is 13.8. The number of para-hydroxylation sites is 2. The van der Waals surface area contributed by atoms with Crippen molar-refractivity contribution < 1.29 is 0 Å². The van der Waals surface area contributed by atoms with Crippen LogP contribution in [0.5, 0.6) is 0 Å². The maximum absolute atomic E-state index is 15.1. The van der Waals surface area contributed by atoms with Gasteiger partial charge in [0.2, 0.25) is 0 Å². The molecule has 1 N–H and O–H groups in total. The number of quaternary nitrogens is 1. The lowest BCUT2D eigenvalue weighted by atomic mass is 9.89. The van der Waals surface area contributed by atoms with Gasteiger partial charge >= 0.3 is 0 Å². The van der Waals surface area contributed by atoms with Gasteiger partial charge in [0.05, 0.1) is 35.8 Å². The van der Waals surface area contributed by atoms with E-state index >= 15 is 5.21 Å². The van der Waals surface area contributed by atoms with Crippen LogP contribution in [0.15, 0.2) is 101 Å². The minimum absolute atomic E-state index is 0.0443. The third-order valence-electron chi connectivity index (χ3n) is 8.84. The average molecular weight is 512 g/mol. The van der Waals surface area contributed by atoms with Gasteiger partial charge in [0.1, 0.15) is 17.4 Å². The number of benzene rings is 4. The summed E-state index contributed by atoms with van der Waals surface area (Å²) in [6.45, 7) is 2.91. The molecule has 1 saturated heterocycles. The van der Waals surface area contributed by atoms with Crippen molar-refractivity contribution in [2.75, 3.05) is 26.2 Å². The van der Waals surface area contributed by atoms with Crippen LogP contribution in [-0.2, 0) is 0 Å². The van der Waals surface area contributed by atoms with Crippen LogP contribution in [0.1, 0.15) is 23.5 Å². The molecule has 8 rings (SSSR count). The number of fused-ring (bicyclic) bond motifs is 6. The molecule has 3 aliphatic rings. The first-order chi connectivity index (χ1) is 19.2. The number of aliphatic imine (C=N–C) groups is 2. The molecule has 0 bridgehead atoms.